The Morgan fingerprint density at radius 3 is 2.39 bits per heavy atom. The Balaban J connectivity index is 1.61. The van der Waals surface area contributed by atoms with Crippen LogP contribution in [-0.4, -0.2) is 27.3 Å². The molecule has 3 rings (SSSR count). The molecule has 1 heterocycles. The number of anilines is 1. The lowest BCUT2D eigenvalue weighted by Crippen LogP contribution is -2.30. The number of nitrogens with one attached hydrogen (secondary N) is 1. The molecule has 0 radical (unpaired) electrons. The highest BCUT2D eigenvalue weighted by molar-refractivity contribution is 6.07. The standard InChI is InChI=1S/C21H18N4O3/c1-14(28-18-9-3-15(13-22)4-10-18)21(27)24-17-7-5-16(6-8-17)19(26)20-23-11-12-25(20)2/h3-12,14H,1-2H3,(H,24,27). The number of benzene rings is 2. The van der Waals surface area contributed by atoms with Crippen LogP contribution in [0.1, 0.15) is 28.7 Å². The van der Waals surface area contributed by atoms with Crippen LogP contribution in [0.4, 0.5) is 5.69 Å². The summed E-state index contributed by atoms with van der Waals surface area (Å²) in [4.78, 5) is 28.8. The van der Waals surface area contributed by atoms with Crippen LogP contribution >= 0.6 is 0 Å². The van der Waals surface area contributed by atoms with Crippen molar-refractivity contribution < 1.29 is 14.3 Å². The second-order valence-electron chi connectivity index (χ2n) is 6.15. The van der Waals surface area contributed by atoms with Gasteiger partial charge < -0.3 is 14.6 Å². The second kappa shape index (κ2) is 8.18. The Bertz CT molecular complexity index is 1030. The molecule has 0 aliphatic rings. The predicted molar refractivity (Wildman–Crippen MR) is 103 cm³/mol. The Hall–Kier alpha value is -3.92. The first-order chi connectivity index (χ1) is 13.5. The van der Waals surface area contributed by atoms with E-state index in [2.05, 4.69) is 10.3 Å². The van der Waals surface area contributed by atoms with Crippen LogP contribution in [0.25, 0.3) is 0 Å². The molecule has 1 amide bonds. The number of hydrogen-bond acceptors (Lipinski definition) is 5. The zero-order chi connectivity index (χ0) is 20.1. The van der Waals surface area contributed by atoms with Gasteiger partial charge in [-0.25, -0.2) is 4.98 Å². The minimum atomic E-state index is -0.734. The SMILES string of the molecule is CC(Oc1ccc(C#N)cc1)C(=O)Nc1ccc(C(=O)c2nccn2C)cc1. The Labute approximate surface area is 162 Å². The van der Waals surface area contributed by atoms with Crippen LogP contribution in [0.2, 0.25) is 0 Å². The zero-order valence-electron chi connectivity index (χ0n) is 15.4. The highest BCUT2D eigenvalue weighted by atomic mass is 16.5. The number of carbonyl (C=O) groups excluding carboxylic acids is 2. The first kappa shape index (κ1) is 18.9. The number of aryl methyl sites for hydroxylation is 1. The summed E-state index contributed by atoms with van der Waals surface area (Å²) in [5.41, 5.74) is 1.55. The molecule has 1 atom stereocenters. The van der Waals surface area contributed by atoms with Gasteiger partial charge in [0.25, 0.3) is 5.91 Å². The van der Waals surface area contributed by atoms with Crippen molar-refractivity contribution in [1.29, 1.82) is 5.26 Å². The maximum atomic E-state index is 12.4. The molecule has 0 aliphatic heterocycles. The maximum Gasteiger partial charge on any atom is 0.265 e. The maximum absolute atomic E-state index is 12.4. The van der Waals surface area contributed by atoms with Gasteiger partial charge in [0.05, 0.1) is 11.6 Å². The number of aromatic nitrogens is 2. The summed E-state index contributed by atoms with van der Waals surface area (Å²) >= 11 is 0. The molecule has 3 aromatic rings. The summed E-state index contributed by atoms with van der Waals surface area (Å²) in [6.45, 7) is 1.63. The van der Waals surface area contributed by atoms with E-state index in [1.54, 1.807) is 79.5 Å². The third-order valence-electron chi connectivity index (χ3n) is 4.10. The van der Waals surface area contributed by atoms with E-state index in [4.69, 9.17) is 10.00 Å². The molecule has 0 saturated heterocycles. The highest BCUT2D eigenvalue weighted by Crippen LogP contribution is 2.16. The molecule has 0 spiro atoms. The largest absolute Gasteiger partial charge is 0.481 e. The Kier molecular flexibility index (Phi) is 5.51. The fourth-order valence-corrected chi connectivity index (χ4v) is 2.53. The number of nitriles is 1. The molecule has 140 valence electrons. The number of amides is 1. The topological polar surface area (TPSA) is 97.0 Å². The van der Waals surface area contributed by atoms with Crippen molar-refractivity contribution in [2.75, 3.05) is 5.32 Å². The van der Waals surface area contributed by atoms with Crippen molar-refractivity contribution in [2.45, 2.75) is 13.0 Å². The summed E-state index contributed by atoms with van der Waals surface area (Å²) in [6, 6.07) is 15.1. The summed E-state index contributed by atoms with van der Waals surface area (Å²) in [7, 11) is 1.75. The van der Waals surface area contributed by atoms with Crippen molar-refractivity contribution in [3.63, 3.8) is 0 Å². The van der Waals surface area contributed by atoms with Crippen molar-refractivity contribution in [3.8, 4) is 11.8 Å². The highest BCUT2D eigenvalue weighted by Gasteiger charge is 2.16. The van der Waals surface area contributed by atoms with Gasteiger partial charge in [0.2, 0.25) is 5.78 Å². The van der Waals surface area contributed by atoms with Gasteiger partial charge in [0.15, 0.2) is 11.9 Å². The fourth-order valence-electron chi connectivity index (χ4n) is 2.53. The normalized spacial score (nSPS) is 11.3. The number of carbonyl (C=O) groups is 2. The third kappa shape index (κ3) is 4.24. The van der Waals surface area contributed by atoms with E-state index < -0.39 is 6.10 Å². The summed E-state index contributed by atoms with van der Waals surface area (Å²) in [6.07, 6.45) is 2.54. The lowest BCUT2D eigenvalue weighted by Gasteiger charge is -2.15. The molecule has 1 unspecified atom stereocenters. The Morgan fingerprint density at radius 1 is 1.14 bits per heavy atom. The molecule has 2 aromatic carbocycles. The molecular formula is C21H18N4O3. The van der Waals surface area contributed by atoms with Gasteiger partial charge in [-0.05, 0) is 55.5 Å². The molecule has 28 heavy (non-hydrogen) atoms. The molecule has 0 aliphatic carbocycles. The quantitative estimate of drug-likeness (QED) is 0.669. The Morgan fingerprint density at radius 2 is 1.82 bits per heavy atom. The van der Waals surface area contributed by atoms with Crippen LogP contribution in [0, 0.1) is 11.3 Å². The molecule has 1 N–H and O–H groups in total. The van der Waals surface area contributed by atoms with E-state index in [0.29, 0.717) is 28.4 Å². The number of hydrogen-bond donors (Lipinski definition) is 1. The average Bonchev–Trinajstić information content (AvgIpc) is 3.14. The number of nitrogens with zero attached hydrogens (tertiary/aromatic N) is 3. The van der Waals surface area contributed by atoms with E-state index in [0.717, 1.165) is 0 Å². The van der Waals surface area contributed by atoms with Crippen molar-refractivity contribution in [1.82, 2.24) is 9.55 Å². The molecule has 7 nitrogen and oxygen atoms in total. The third-order valence-corrected chi connectivity index (χ3v) is 4.10. The first-order valence-electron chi connectivity index (χ1n) is 8.57. The van der Waals surface area contributed by atoms with Gasteiger partial charge >= 0.3 is 0 Å². The van der Waals surface area contributed by atoms with Gasteiger partial charge in [-0.2, -0.15) is 5.26 Å². The van der Waals surface area contributed by atoms with Crippen LogP contribution in [0.5, 0.6) is 5.75 Å². The summed E-state index contributed by atoms with van der Waals surface area (Å²) in [5, 5.41) is 11.6. The molecule has 0 bridgehead atoms. The van der Waals surface area contributed by atoms with E-state index >= 15 is 0 Å². The molecule has 0 saturated carbocycles. The monoisotopic (exact) mass is 374 g/mol. The molecule has 1 aromatic heterocycles. The van der Waals surface area contributed by atoms with Gasteiger partial charge in [0.1, 0.15) is 5.75 Å². The zero-order valence-corrected chi connectivity index (χ0v) is 15.4. The fraction of sp³-hybridized carbons (Fsp3) is 0.143. The van der Waals surface area contributed by atoms with Gasteiger partial charge in [-0.1, -0.05) is 0 Å². The van der Waals surface area contributed by atoms with E-state index in [9.17, 15) is 9.59 Å². The number of rotatable bonds is 6. The van der Waals surface area contributed by atoms with Crippen molar-refractivity contribution in [2.24, 2.45) is 7.05 Å². The van der Waals surface area contributed by atoms with Crippen LogP contribution in [-0.2, 0) is 11.8 Å². The van der Waals surface area contributed by atoms with Crippen LogP contribution < -0.4 is 10.1 Å². The van der Waals surface area contributed by atoms with Crippen molar-refractivity contribution in [3.05, 3.63) is 77.9 Å². The number of imidazole rings is 1. The van der Waals surface area contributed by atoms with E-state index in [1.165, 1.54) is 0 Å². The van der Waals surface area contributed by atoms with Crippen LogP contribution in [0.3, 0.4) is 0 Å². The summed E-state index contributed by atoms with van der Waals surface area (Å²) < 4.78 is 7.24. The average molecular weight is 374 g/mol. The second-order valence-corrected chi connectivity index (χ2v) is 6.15. The smallest absolute Gasteiger partial charge is 0.265 e. The van der Waals surface area contributed by atoms with Gasteiger partial charge in [-0.15, -0.1) is 0 Å². The van der Waals surface area contributed by atoms with E-state index in [-0.39, 0.29) is 11.7 Å². The van der Waals surface area contributed by atoms with E-state index in [1.807, 2.05) is 6.07 Å². The number of ether oxygens (including phenoxy) is 1. The lowest BCUT2D eigenvalue weighted by atomic mass is 10.1. The minimum Gasteiger partial charge on any atom is -0.481 e. The molecule has 0 fully saturated rings. The minimum absolute atomic E-state index is 0.192. The van der Waals surface area contributed by atoms with Gasteiger partial charge in [-0.3, -0.25) is 9.59 Å². The first-order valence-corrected chi connectivity index (χ1v) is 8.57. The molecular weight excluding hydrogens is 356 g/mol. The summed E-state index contributed by atoms with van der Waals surface area (Å²) in [5.74, 6) is 0.328. The predicted octanol–water partition coefficient (Wildman–Crippen LogP) is 2.93. The van der Waals surface area contributed by atoms with Crippen LogP contribution in [0.15, 0.2) is 60.9 Å². The lowest BCUT2D eigenvalue weighted by molar-refractivity contribution is -0.122. The molecule has 7 heteroatoms. The van der Waals surface area contributed by atoms with Crippen molar-refractivity contribution >= 4 is 17.4 Å². The van der Waals surface area contributed by atoms with Gasteiger partial charge in [0, 0.05) is 30.7 Å². The number of ketones is 1.